The third kappa shape index (κ3) is 19.7. The summed E-state index contributed by atoms with van der Waals surface area (Å²) in [7, 11) is 0. The Morgan fingerprint density at radius 3 is 1.83 bits per heavy atom. The van der Waals surface area contributed by atoms with Crippen molar-refractivity contribution in [3.63, 3.8) is 0 Å². The lowest BCUT2D eigenvalue weighted by molar-refractivity contribution is -0.143. The molecule has 0 aliphatic heterocycles. The van der Waals surface area contributed by atoms with E-state index in [1.807, 2.05) is 0 Å². The summed E-state index contributed by atoms with van der Waals surface area (Å²) >= 11 is 3.24. The van der Waals surface area contributed by atoms with Crippen molar-refractivity contribution in [2.24, 2.45) is 0 Å². The smallest absolute Gasteiger partial charge is 0.306 e. The van der Waals surface area contributed by atoms with Crippen molar-refractivity contribution < 1.29 is 9.53 Å². The predicted octanol–water partition coefficient (Wildman–Crippen LogP) is 7.35. The second kappa shape index (κ2) is 20.7. The molecule has 0 aliphatic rings. The van der Waals surface area contributed by atoms with Crippen LogP contribution in [-0.2, 0) is 9.53 Å². The number of hydrogen-bond donors (Lipinski definition) is 0. The van der Waals surface area contributed by atoms with E-state index in [-0.39, 0.29) is 5.97 Å². The number of carbonyl (C=O) groups excluding carboxylic acids is 1. The Kier molecular flexibility index (Phi) is 20.5. The maximum Gasteiger partial charge on any atom is 0.306 e. The van der Waals surface area contributed by atoms with Crippen LogP contribution in [0.25, 0.3) is 0 Å². The van der Waals surface area contributed by atoms with Crippen molar-refractivity contribution >= 4 is 21.9 Å². The fourth-order valence-corrected chi connectivity index (χ4v) is 3.01. The summed E-state index contributed by atoms with van der Waals surface area (Å²) in [4.78, 5) is 11.1. The van der Waals surface area contributed by atoms with Crippen LogP contribution >= 0.6 is 15.9 Å². The molecule has 0 fully saturated rings. The Morgan fingerprint density at radius 2 is 1.29 bits per heavy atom. The van der Waals surface area contributed by atoms with E-state index in [9.17, 15) is 4.79 Å². The fourth-order valence-electron chi connectivity index (χ4n) is 2.68. The van der Waals surface area contributed by atoms with Gasteiger partial charge in [0.25, 0.3) is 0 Å². The molecule has 142 valence electrons. The minimum Gasteiger partial charge on any atom is -0.466 e. The lowest BCUT2D eigenvalue weighted by Gasteiger charge is -2.03. The summed E-state index contributed by atoms with van der Waals surface area (Å²) in [6, 6.07) is 0. The number of halogens is 1. The summed E-state index contributed by atoms with van der Waals surface area (Å²) in [6.07, 6.45) is 23.4. The highest BCUT2D eigenvalue weighted by molar-refractivity contribution is 9.09. The Morgan fingerprint density at radius 1 is 0.792 bits per heavy atom. The largest absolute Gasteiger partial charge is 0.466 e. The maximum atomic E-state index is 11.1. The fraction of sp³-hybridized carbons (Fsp3) is 0.857. The van der Waals surface area contributed by atoms with E-state index >= 15 is 0 Å². The van der Waals surface area contributed by atoms with Crippen LogP contribution in [0.15, 0.2) is 12.2 Å². The minimum atomic E-state index is -0.0837. The molecular weight excluding hydrogens is 364 g/mol. The zero-order valence-corrected chi connectivity index (χ0v) is 17.5. The van der Waals surface area contributed by atoms with E-state index in [0.717, 1.165) is 6.42 Å². The highest BCUT2D eigenvalue weighted by Crippen LogP contribution is 2.10. The van der Waals surface area contributed by atoms with Gasteiger partial charge in [-0.2, -0.15) is 0 Å². The van der Waals surface area contributed by atoms with E-state index in [4.69, 9.17) is 4.74 Å². The number of unbranched alkanes of at least 4 members (excludes halogenated alkanes) is 12. The van der Waals surface area contributed by atoms with E-state index in [1.54, 1.807) is 0 Å². The highest BCUT2D eigenvalue weighted by atomic mass is 79.9. The topological polar surface area (TPSA) is 26.3 Å². The van der Waals surface area contributed by atoms with Crippen molar-refractivity contribution in [2.75, 3.05) is 11.9 Å². The third-order valence-electron chi connectivity index (χ3n) is 4.22. The summed E-state index contributed by atoms with van der Waals surface area (Å²) in [5.41, 5.74) is 0. The molecule has 0 aromatic carbocycles. The molecule has 0 atom stereocenters. The van der Waals surface area contributed by atoms with Crippen molar-refractivity contribution in [1.29, 1.82) is 0 Å². The zero-order chi connectivity index (χ0) is 17.7. The van der Waals surface area contributed by atoms with Crippen LogP contribution in [0.5, 0.6) is 0 Å². The Labute approximate surface area is 158 Å². The van der Waals surface area contributed by atoms with Gasteiger partial charge in [0.15, 0.2) is 0 Å². The van der Waals surface area contributed by atoms with Gasteiger partial charge in [-0.25, -0.2) is 0 Å². The molecule has 0 saturated carbocycles. The minimum absolute atomic E-state index is 0.0837. The third-order valence-corrected chi connectivity index (χ3v) is 4.61. The molecule has 0 bridgehead atoms. The van der Waals surface area contributed by atoms with Gasteiger partial charge in [-0.05, 0) is 32.1 Å². The number of hydrogen-bond acceptors (Lipinski definition) is 2. The van der Waals surface area contributed by atoms with E-state index in [1.165, 1.54) is 83.5 Å². The average molecular weight is 403 g/mol. The molecule has 0 saturated heterocycles. The molecule has 0 unspecified atom stereocenters. The number of allylic oxidation sites excluding steroid dienone is 2. The molecule has 0 rings (SSSR count). The van der Waals surface area contributed by atoms with Gasteiger partial charge in [0.2, 0.25) is 0 Å². The normalized spacial score (nSPS) is 11.2. The standard InChI is InChI=1S/C21H39BrO2/c1-2-3-4-5-6-7-8-9-10-11-12-13-14-15-16-17-20-24-21(23)18-19-22/h9-10H,2-8,11-20H2,1H3. The summed E-state index contributed by atoms with van der Waals surface area (Å²) < 4.78 is 5.12. The number of esters is 1. The van der Waals surface area contributed by atoms with Crippen LogP contribution in [0, 0.1) is 0 Å². The lowest BCUT2D eigenvalue weighted by Crippen LogP contribution is -2.05. The number of ether oxygens (including phenoxy) is 1. The first-order chi connectivity index (χ1) is 11.8. The van der Waals surface area contributed by atoms with E-state index in [0.29, 0.717) is 18.4 Å². The van der Waals surface area contributed by atoms with Crippen LogP contribution in [0.4, 0.5) is 0 Å². The lowest BCUT2D eigenvalue weighted by atomic mass is 10.1. The molecule has 0 aromatic rings. The Balaban J connectivity index is 3.11. The molecule has 0 aliphatic carbocycles. The summed E-state index contributed by atoms with van der Waals surface area (Å²) in [5, 5.41) is 0.694. The first-order valence-electron chi connectivity index (χ1n) is 10.2. The van der Waals surface area contributed by atoms with Crippen LogP contribution in [0.1, 0.15) is 103 Å². The zero-order valence-electron chi connectivity index (χ0n) is 15.9. The molecular formula is C21H39BrO2. The van der Waals surface area contributed by atoms with Crippen molar-refractivity contribution in [3.8, 4) is 0 Å². The van der Waals surface area contributed by atoms with Crippen molar-refractivity contribution in [3.05, 3.63) is 12.2 Å². The van der Waals surface area contributed by atoms with Crippen LogP contribution in [0.2, 0.25) is 0 Å². The van der Waals surface area contributed by atoms with Crippen LogP contribution in [-0.4, -0.2) is 17.9 Å². The molecule has 3 heteroatoms. The molecule has 0 spiro atoms. The average Bonchev–Trinajstić information content (AvgIpc) is 2.58. The quantitative estimate of drug-likeness (QED) is 0.103. The van der Waals surface area contributed by atoms with Gasteiger partial charge >= 0.3 is 5.97 Å². The monoisotopic (exact) mass is 402 g/mol. The molecule has 0 amide bonds. The van der Waals surface area contributed by atoms with Crippen LogP contribution in [0.3, 0.4) is 0 Å². The number of alkyl halides is 1. The van der Waals surface area contributed by atoms with Gasteiger partial charge < -0.3 is 4.74 Å². The van der Waals surface area contributed by atoms with Crippen LogP contribution < -0.4 is 0 Å². The van der Waals surface area contributed by atoms with Gasteiger partial charge in [0.1, 0.15) is 0 Å². The van der Waals surface area contributed by atoms with Crippen molar-refractivity contribution in [1.82, 2.24) is 0 Å². The molecule has 0 N–H and O–H groups in total. The molecule has 0 radical (unpaired) electrons. The number of rotatable bonds is 18. The van der Waals surface area contributed by atoms with E-state index < -0.39 is 0 Å². The Hall–Kier alpha value is -0.310. The first-order valence-corrected chi connectivity index (χ1v) is 11.3. The second-order valence-electron chi connectivity index (χ2n) is 6.60. The molecule has 0 heterocycles. The molecule has 0 aromatic heterocycles. The number of carbonyl (C=O) groups is 1. The highest BCUT2D eigenvalue weighted by Gasteiger charge is 2.00. The first kappa shape index (κ1) is 23.7. The predicted molar refractivity (Wildman–Crippen MR) is 109 cm³/mol. The molecule has 2 nitrogen and oxygen atoms in total. The van der Waals surface area contributed by atoms with Gasteiger partial charge in [0.05, 0.1) is 13.0 Å². The van der Waals surface area contributed by atoms with Gasteiger partial charge in [-0.15, -0.1) is 0 Å². The second-order valence-corrected chi connectivity index (χ2v) is 7.39. The van der Waals surface area contributed by atoms with Crippen molar-refractivity contribution in [2.45, 2.75) is 103 Å². The van der Waals surface area contributed by atoms with E-state index in [2.05, 4.69) is 35.0 Å². The summed E-state index contributed by atoms with van der Waals surface area (Å²) in [5.74, 6) is -0.0837. The summed E-state index contributed by atoms with van der Waals surface area (Å²) in [6.45, 7) is 2.86. The molecule has 24 heavy (non-hydrogen) atoms. The van der Waals surface area contributed by atoms with Gasteiger partial charge in [-0.1, -0.05) is 92.8 Å². The Bertz CT molecular complexity index is 290. The van der Waals surface area contributed by atoms with Gasteiger partial charge in [-0.3, -0.25) is 4.79 Å². The van der Waals surface area contributed by atoms with Gasteiger partial charge in [0, 0.05) is 5.33 Å². The maximum absolute atomic E-state index is 11.1. The SMILES string of the molecule is CCCCCCCCC=CCCCCCCCCOC(=O)CCBr.